The number of hydrogen-bond donors (Lipinski definition) is 0. The molecule has 0 fully saturated rings. The number of methoxy groups -OCH3 is 1. The van der Waals surface area contributed by atoms with Gasteiger partial charge in [-0.2, -0.15) is 0 Å². The molecule has 2 aromatic rings. The molecule has 0 aromatic heterocycles. The van der Waals surface area contributed by atoms with E-state index >= 15 is 0 Å². The van der Waals surface area contributed by atoms with E-state index in [-0.39, 0.29) is 5.97 Å². The SMILES string of the molecule is COC(=O)c1ccccc1C=Nc1ccc(C)c(C)c1. The summed E-state index contributed by atoms with van der Waals surface area (Å²) >= 11 is 0. The van der Waals surface area contributed by atoms with E-state index in [0.29, 0.717) is 5.56 Å². The Kier molecular flexibility index (Phi) is 4.31. The van der Waals surface area contributed by atoms with E-state index in [9.17, 15) is 4.79 Å². The van der Waals surface area contributed by atoms with E-state index in [1.54, 1.807) is 18.3 Å². The molecule has 0 aliphatic heterocycles. The van der Waals surface area contributed by atoms with Crippen molar-refractivity contribution in [3.63, 3.8) is 0 Å². The molecule has 3 nitrogen and oxygen atoms in total. The van der Waals surface area contributed by atoms with E-state index < -0.39 is 0 Å². The zero-order chi connectivity index (χ0) is 14.5. The van der Waals surface area contributed by atoms with Crippen LogP contribution in [0.5, 0.6) is 0 Å². The van der Waals surface area contributed by atoms with E-state index in [0.717, 1.165) is 11.3 Å². The fourth-order valence-electron chi connectivity index (χ4n) is 1.86. The molecule has 102 valence electrons. The van der Waals surface area contributed by atoms with Gasteiger partial charge in [-0.3, -0.25) is 4.99 Å². The van der Waals surface area contributed by atoms with Gasteiger partial charge in [0.15, 0.2) is 0 Å². The lowest BCUT2D eigenvalue weighted by molar-refractivity contribution is 0.0600. The normalized spacial score (nSPS) is 10.8. The Morgan fingerprint density at radius 3 is 2.55 bits per heavy atom. The lowest BCUT2D eigenvalue weighted by Crippen LogP contribution is -2.04. The summed E-state index contributed by atoms with van der Waals surface area (Å²) in [6.07, 6.45) is 1.69. The van der Waals surface area contributed by atoms with Gasteiger partial charge in [0, 0.05) is 11.8 Å². The molecule has 0 atom stereocenters. The summed E-state index contributed by atoms with van der Waals surface area (Å²) in [6, 6.07) is 13.3. The maximum Gasteiger partial charge on any atom is 0.338 e. The van der Waals surface area contributed by atoms with E-state index in [4.69, 9.17) is 4.74 Å². The van der Waals surface area contributed by atoms with Gasteiger partial charge in [-0.05, 0) is 43.2 Å². The van der Waals surface area contributed by atoms with Crippen molar-refractivity contribution in [1.29, 1.82) is 0 Å². The first kappa shape index (κ1) is 14.0. The minimum Gasteiger partial charge on any atom is -0.465 e. The van der Waals surface area contributed by atoms with Crippen LogP contribution in [0, 0.1) is 13.8 Å². The summed E-state index contributed by atoms with van der Waals surface area (Å²) in [7, 11) is 1.37. The molecule has 3 heteroatoms. The van der Waals surface area contributed by atoms with Crippen LogP contribution >= 0.6 is 0 Å². The predicted molar refractivity (Wildman–Crippen MR) is 81.0 cm³/mol. The standard InChI is InChI=1S/C17H17NO2/c1-12-8-9-15(10-13(12)2)18-11-14-6-4-5-7-16(14)17(19)20-3/h4-11H,1-3H3. The lowest BCUT2D eigenvalue weighted by atomic mass is 10.1. The van der Waals surface area contributed by atoms with Gasteiger partial charge < -0.3 is 4.74 Å². The molecular weight excluding hydrogens is 250 g/mol. The molecule has 0 radical (unpaired) electrons. The van der Waals surface area contributed by atoms with Gasteiger partial charge in [0.05, 0.1) is 18.4 Å². The second-order valence-electron chi connectivity index (χ2n) is 4.61. The number of carbonyl (C=O) groups excluding carboxylic acids is 1. The Bertz CT molecular complexity index is 660. The van der Waals surface area contributed by atoms with Crippen molar-refractivity contribution in [1.82, 2.24) is 0 Å². The maximum atomic E-state index is 11.7. The van der Waals surface area contributed by atoms with Crippen LogP contribution in [0.4, 0.5) is 5.69 Å². The number of hydrogen-bond acceptors (Lipinski definition) is 3. The van der Waals surface area contributed by atoms with Crippen molar-refractivity contribution in [2.75, 3.05) is 7.11 Å². The number of ether oxygens (including phenoxy) is 1. The number of nitrogens with zero attached hydrogens (tertiary/aromatic N) is 1. The minimum atomic E-state index is -0.355. The molecule has 2 aromatic carbocycles. The topological polar surface area (TPSA) is 38.7 Å². The average Bonchev–Trinajstić information content (AvgIpc) is 2.48. The molecule has 20 heavy (non-hydrogen) atoms. The average molecular weight is 267 g/mol. The highest BCUT2D eigenvalue weighted by Gasteiger charge is 2.08. The summed E-state index contributed by atoms with van der Waals surface area (Å²) in [4.78, 5) is 16.1. The van der Waals surface area contributed by atoms with E-state index in [2.05, 4.69) is 18.8 Å². The molecule has 0 aliphatic carbocycles. The molecule has 0 bridgehead atoms. The second kappa shape index (κ2) is 6.15. The van der Waals surface area contributed by atoms with Crippen LogP contribution in [0.3, 0.4) is 0 Å². The summed E-state index contributed by atoms with van der Waals surface area (Å²) in [5.41, 5.74) is 4.56. The molecule has 2 rings (SSSR count). The molecule has 0 N–H and O–H groups in total. The van der Waals surface area contributed by atoms with Gasteiger partial charge in [0.1, 0.15) is 0 Å². The highest BCUT2D eigenvalue weighted by atomic mass is 16.5. The molecule has 0 saturated carbocycles. The number of aliphatic imine (C=N–C) groups is 1. The predicted octanol–water partition coefficient (Wildman–Crippen LogP) is 3.84. The third kappa shape index (κ3) is 3.12. The number of rotatable bonds is 3. The summed E-state index contributed by atoms with van der Waals surface area (Å²) < 4.78 is 4.76. The Morgan fingerprint density at radius 2 is 1.85 bits per heavy atom. The largest absolute Gasteiger partial charge is 0.465 e. The molecule has 0 saturated heterocycles. The van der Waals surface area contributed by atoms with Crippen LogP contribution in [-0.2, 0) is 4.74 Å². The number of esters is 1. The fraction of sp³-hybridized carbons (Fsp3) is 0.176. The van der Waals surface area contributed by atoms with Gasteiger partial charge >= 0.3 is 5.97 Å². The summed E-state index contributed by atoms with van der Waals surface area (Å²) in [5.74, 6) is -0.355. The Balaban J connectivity index is 2.31. The Morgan fingerprint density at radius 1 is 1.10 bits per heavy atom. The lowest BCUT2D eigenvalue weighted by Gasteiger charge is -2.03. The third-order valence-corrected chi connectivity index (χ3v) is 3.21. The van der Waals surface area contributed by atoms with Crippen molar-refractivity contribution < 1.29 is 9.53 Å². The van der Waals surface area contributed by atoms with Crippen LogP contribution < -0.4 is 0 Å². The van der Waals surface area contributed by atoms with Crippen LogP contribution in [0.15, 0.2) is 47.5 Å². The van der Waals surface area contributed by atoms with Crippen molar-refractivity contribution in [2.45, 2.75) is 13.8 Å². The maximum absolute atomic E-state index is 11.7. The summed E-state index contributed by atoms with van der Waals surface area (Å²) in [5, 5.41) is 0. The van der Waals surface area contributed by atoms with Gasteiger partial charge in [-0.15, -0.1) is 0 Å². The highest BCUT2D eigenvalue weighted by molar-refractivity contribution is 5.99. The second-order valence-corrected chi connectivity index (χ2v) is 4.61. The smallest absolute Gasteiger partial charge is 0.338 e. The van der Waals surface area contributed by atoms with Gasteiger partial charge in [-0.25, -0.2) is 4.79 Å². The number of carbonyl (C=O) groups is 1. The van der Waals surface area contributed by atoms with Gasteiger partial charge in [0.25, 0.3) is 0 Å². The highest BCUT2D eigenvalue weighted by Crippen LogP contribution is 2.17. The Labute approximate surface area is 118 Å². The third-order valence-electron chi connectivity index (χ3n) is 3.21. The monoisotopic (exact) mass is 267 g/mol. The van der Waals surface area contributed by atoms with Gasteiger partial charge in [-0.1, -0.05) is 24.3 Å². The van der Waals surface area contributed by atoms with Crippen LogP contribution in [-0.4, -0.2) is 19.3 Å². The van der Waals surface area contributed by atoms with Crippen molar-refractivity contribution in [2.24, 2.45) is 4.99 Å². The first-order chi connectivity index (χ1) is 9.61. The van der Waals surface area contributed by atoms with Crippen molar-refractivity contribution in [3.05, 3.63) is 64.7 Å². The zero-order valence-corrected chi connectivity index (χ0v) is 11.9. The Hall–Kier alpha value is -2.42. The minimum absolute atomic E-state index is 0.355. The first-order valence-corrected chi connectivity index (χ1v) is 6.40. The fourth-order valence-corrected chi connectivity index (χ4v) is 1.86. The molecule has 0 heterocycles. The van der Waals surface area contributed by atoms with Crippen molar-refractivity contribution >= 4 is 17.9 Å². The molecule has 0 unspecified atom stereocenters. The van der Waals surface area contributed by atoms with Crippen LogP contribution in [0.25, 0.3) is 0 Å². The van der Waals surface area contributed by atoms with Crippen LogP contribution in [0.2, 0.25) is 0 Å². The van der Waals surface area contributed by atoms with Gasteiger partial charge in [0.2, 0.25) is 0 Å². The molecule has 0 amide bonds. The van der Waals surface area contributed by atoms with E-state index in [1.165, 1.54) is 18.2 Å². The van der Waals surface area contributed by atoms with E-state index in [1.807, 2.05) is 30.3 Å². The quantitative estimate of drug-likeness (QED) is 0.626. The summed E-state index contributed by atoms with van der Waals surface area (Å²) in [6.45, 7) is 4.12. The first-order valence-electron chi connectivity index (χ1n) is 6.40. The van der Waals surface area contributed by atoms with Crippen LogP contribution in [0.1, 0.15) is 27.0 Å². The number of benzene rings is 2. The van der Waals surface area contributed by atoms with Crippen molar-refractivity contribution in [3.8, 4) is 0 Å². The number of aryl methyl sites for hydroxylation is 2. The molecule has 0 spiro atoms. The zero-order valence-electron chi connectivity index (χ0n) is 11.9. The molecular formula is C17H17NO2. The molecule has 0 aliphatic rings.